The summed E-state index contributed by atoms with van der Waals surface area (Å²) in [5, 5.41) is 13.3. The van der Waals surface area contributed by atoms with Gasteiger partial charge in [0.05, 0.1) is 12.6 Å². The van der Waals surface area contributed by atoms with Gasteiger partial charge < -0.3 is 14.8 Å². The zero-order chi connectivity index (χ0) is 18.4. The van der Waals surface area contributed by atoms with Gasteiger partial charge in [0.15, 0.2) is 5.76 Å². The molecule has 1 aliphatic rings. The van der Waals surface area contributed by atoms with Crippen LogP contribution < -0.4 is 5.32 Å². The summed E-state index contributed by atoms with van der Waals surface area (Å²) in [6.07, 6.45) is 5.49. The lowest BCUT2D eigenvalue weighted by molar-refractivity contribution is 0.0621. The number of hydrogen-bond donors (Lipinski definition) is 2. The molecule has 140 valence electrons. The molecule has 26 heavy (non-hydrogen) atoms. The lowest BCUT2D eigenvalue weighted by Crippen LogP contribution is -2.39. The molecule has 0 bridgehead atoms. The third-order valence-corrected chi connectivity index (χ3v) is 5.15. The van der Waals surface area contributed by atoms with Crippen molar-refractivity contribution < 1.29 is 14.3 Å². The Balaban J connectivity index is 1.72. The maximum Gasteiger partial charge on any atom is 0.286 e. The van der Waals surface area contributed by atoms with Gasteiger partial charge in [0, 0.05) is 19.6 Å². The van der Waals surface area contributed by atoms with E-state index in [1.807, 2.05) is 36.4 Å². The summed E-state index contributed by atoms with van der Waals surface area (Å²) in [6.45, 7) is 1.16. The first-order chi connectivity index (χ1) is 12.7. The van der Waals surface area contributed by atoms with Crippen LogP contribution in [0.15, 0.2) is 46.9 Å². The predicted octanol–water partition coefficient (Wildman–Crippen LogP) is 3.51. The van der Waals surface area contributed by atoms with Crippen molar-refractivity contribution in [2.24, 2.45) is 0 Å². The van der Waals surface area contributed by atoms with Crippen LogP contribution in [0.5, 0.6) is 0 Å². The molecule has 0 spiro atoms. The van der Waals surface area contributed by atoms with Crippen molar-refractivity contribution in [3.63, 3.8) is 0 Å². The smallest absolute Gasteiger partial charge is 0.286 e. The first-order valence-electron chi connectivity index (χ1n) is 9.45. The van der Waals surface area contributed by atoms with Gasteiger partial charge in [-0.25, -0.2) is 0 Å². The Morgan fingerprint density at radius 1 is 1.19 bits per heavy atom. The van der Waals surface area contributed by atoms with E-state index in [0.29, 0.717) is 24.9 Å². The van der Waals surface area contributed by atoms with Crippen LogP contribution in [0, 0.1) is 0 Å². The summed E-state index contributed by atoms with van der Waals surface area (Å²) < 4.78 is 5.71. The van der Waals surface area contributed by atoms with Gasteiger partial charge in [0.25, 0.3) is 5.91 Å². The lowest BCUT2D eigenvalue weighted by atomic mass is 9.93. The Kier molecular flexibility index (Phi) is 6.47. The summed E-state index contributed by atoms with van der Waals surface area (Å²) in [5.41, 5.74) is 0.929. The first-order valence-corrected chi connectivity index (χ1v) is 9.45. The van der Waals surface area contributed by atoms with Gasteiger partial charge in [-0.1, -0.05) is 49.6 Å². The van der Waals surface area contributed by atoms with Crippen molar-refractivity contribution in [3.05, 3.63) is 59.5 Å². The fourth-order valence-electron chi connectivity index (χ4n) is 3.70. The molecule has 0 radical (unpaired) electrons. The summed E-state index contributed by atoms with van der Waals surface area (Å²) in [6, 6.07) is 13.8. The van der Waals surface area contributed by atoms with Crippen molar-refractivity contribution in [1.82, 2.24) is 10.2 Å². The Morgan fingerprint density at radius 3 is 2.62 bits per heavy atom. The SMILES string of the molecule is CNC(=O)c1ccc(CN(C[C@@H](O)c2ccccc2)C2CCCCC2)o1. The number of furan rings is 1. The van der Waals surface area contributed by atoms with Crippen molar-refractivity contribution in [2.75, 3.05) is 13.6 Å². The molecular formula is C21H28N2O3. The largest absolute Gasteiger partial charge is 0.455 e. The number of benzene rings is 1. The van der Waals surface area contributed by atoms with Crippen LogP contribution in [0.1, 0.15) is 60.1 Å². The zero-order valence-electron chi connectivity index (χ0n) is 15.4. The highest BCUT2D eigenvalue weighted by Crippen LogP contribution is 2.27. The van der Waals surface area contributed by atoms with Gasteiger partial charge >= 0.3 is 0 Å². The molecule has 1 heterocycles. The van der Waals surface area contributed by atoms with E-state index in [2.05, 4.69) is 10.2 Å². The van der Waals surface area contributed by atoms with Crippen molar-refractivity contribution in [1.29, 1.82) is 0 Å². The summed E-state index contributed by atoms with van der Waals surface area (Å²) >= 11 is 0. The zero-order valence-corrected chi connectivity index (χ0v) is 15.4. The summed E-state index contributed by atoms with van der Waals surface area (Å²) in [5.74, 6) is 0.869. The van der Waals surface area contributed by atoms with Crippen molar-refractivity contribution in [3.8, 4) is 0 Å². The number of rotatable bonds is 7. The molecule has 0 aliphatic heterocycles. The van der Waals surface area contributed by atoms with Crippen molar-refractivity contribution in [2.45, 2.75) is 50.8 Å². The third kappa shape index (κ3) is 4.74. The molecule has 1 aliphatic carbocycles. The normalized spacial score (nSPS) is 16.6. The van der Waals surface area contributed by atoms with Gasteiger partial charge in [-0.2, -0.15) is 0 Å². The molecule has 1 aromatic carbocycles. The Bertz CT molecular complexity index is 692. The summed E-state index contributed by atoms with van der Waals surface area (Å²) in [4.78, 5) is 14.0. The maximum atomic E-state index is 11.7. The van der Waals surface area contributed by atoms with E-state index >= 15 is 0 Å². The highest BCUT2D eigenvalue weighted by molar-refractivity contribution is 5.91. The van der Waals surface area contributed by atoms with E-state index < -0.39 is 6.10 Å². The number of hydrogen-bond acceptors (Lipinski definition) is 4. The second kappa shape index (κ2) is 9.01. The molecule has 1 fully saturated rings. The van der Waals surface area contributed by atoms with Gasteiger partial charge in [0.1, 0.15) is 5.76 Å². The van der Waals surface area contributed by atoms with Crippen molar-refractivity contribution >= 4 is 5.91 Å². The van der Waals surface area contributed by atoms with Crippen LogP contribution in [-0.2, 0) is 6.54 Å². The molecule has 1 amide bonds. The van der Waals surface area contributed by atoms with Crippen LogP contribution in [0.2, 0.25) is 0 Å². The maximum absolute atomic E-state index is 11.7. The van der Waals surface area contributed by atoms with E-state index in [1.54, 1.807) is 13.1 Å². The standard InChI is InChI=1S/C21H28N2O3/c1-22-21(25)20-13-12-18(26-20)14-23(17-10-6-3-7-11-17)15-19(24)16-8-4-2-5-9-16/h2,4-5,8-9,12-13,17,19,24H,3,6-7,10-11,14-15H2,1H3,(H,22,25)/t19-/m1/s1. The highest BCUT2D eigenvalue weighted by atomic mass is 16.4. The number of carbonyl (C=O) groups excluding carboxylic acids is 1. The van der Waals surface area contributed by atoms with Crippen LogP contribution in [0.4, 0.5) is 0 Å². The molecule has 2 aromatic rings. The Morgan fingerprint density at radius 2 is 1.92 bits per heavy atom. The molecule has 2 N–H and O–H groups in total. The molecular weight excluding hydrogens is 328 g/mol. The van der Waals surface area contributed by atoms with Gasteiger partial charge in [-0.3, -0.25) is 9.69 Å². The Hall–Kier alpha value is -2.11. The molecule has 1 saturated carbocycles. The van der Waals surface area contributed by atoms with Crippen LogP contribution >= 0.6 is 0 Å². The quantitative estimate of drug-likeness (QED) is 0.797. The Labute approximate surface area is 155 Å². The predicted molar refractivity (Wildman–Crippen MR) is 101 cm³/mol. The monoisotopic (exact) mass is 356 g/mol. The number of nitrogens with zero attached hydrogens (tertiary/aromatic N) is 1. The second-order valence-electron chi connectivity index (χ2n) is 6.99. The number of amides is 1. The molecule has 0 unspecified atom stereocenters. The fourth-order valence-corrected chi connectivity index (χ4v) is 3.70. The van der Waals surface area contributed by atoms with Gasteiger partial charge in [0.2, 0.25) is 0 Å². The van der Waals surface area contributed by atoms with Crippen LogP contribution in [0.25, 0.3) is 0 Å². The highest BCUT2D eigenvalue weighted by Gasteiger charge is 2.25. The molecule has 0 saturated heterocycles. The summed E-state index contributed by atoms with van der Waals surface area (Å²) in [7, 11) is 1.59. The molecule has 1 aromatic heterocycles. The number of aliphatic hydroxyl groups excluding tert-OH is 1. The van der Waals surface area contributed by atoms with E-state index in [0.717, 1.165) is 24.2 Å². The van der Waals surface area contributed by atoms with Crippen LogP contribution in [-0.4, -0.2) is 35.5 Å². The number of nitrogens with one attached hydrogen (secondary N) is 1. The molecule has 1 atom stereocenters. The molecule has 3 rings (SSSR count). The van der Waals surface area contributed by atoms with Crippen LogP contribution in [0.3, 0.4) is 0 Å². The van der Waals surface area contributed by atoms with Gasteiger partial charge in [-0.05, 0) is 30.5 Å². The molecule has 5 nitrogen and oxygen atoms in total. The third-order valence-electron chi connectivity index (χ3n) is 5.15. The van der Waals surface area contributed by atoms with E-state index in [9.17, 15) is 9.90 Å². The van der Waals surface area contributed by atoms with E-state index in [4.69, 9.17) is 4.42 Å². The lowest BCUT2D eigenvalue weighted by Gasteiger charge is -2.35. The topological polar surface area (TPSA) is 65.7 Å². The van der Waals surface area contributed by atoms with E-state index in [-0.39, 0.29) is 5.91 Å². The minimum atomic E-state index is -0.536. The number of carbonyl (C=O) groups is 1. The minimum Gasteiger partial charge on any atom is -0.455 e. The fraction of sp³-hybridized carbons (Fsp3) is 0.476. The average Bonchev–Trinajstić information content (AvgIpc) is 3.17. The first kappa shape index (κ1) is 18.7. The number of aliphatic hydroxyl groups is 1. The minimum absolute atomic E-state index is 0.218. The van der Waals surface area contributed by atoms with E-state index in [1.165, 1.54) is 19.3 Å². The second-order valence-corrected chi connectivity index (χ2v) is 6.99. The average molecular weight is 356 g/mol. The van der Waals surface area contributed by atoms with Gasteiger partial charge in [-0.15, -0.1) is 0 Å². The molecule has 5 heteroatoms.